The number of aromatic nitrogens is 2. The molecule has 3 aromatic carbocycles. The van der Waals surface area contributed by atoms with Gasteiger partial charge >= 0.3 is 0 Å². The topological polar surface area (TPSA) is 71.0 Å². The number of carbonyl (C=O) groups excluding carboxylic acids is 1. The molecule has 0 fully saturated rings. The molecule has 4 rings (SSSR count). The average Bonchev–Trinajstić information content (AvgIpc) is 3.02. The van der Waals surface area contributed by atoms with Gasteiger partial charge in [0.15, 0.2) is 5.11 Å². The van der Waals surface area contributed by atoms with Crippen molar-refractivity contribution in [3.8, 4) is 0 Å². The Labute approximate surface area is 167 Å². The zero-order valence-corrected chi connectivity index (χ0v) is 16.1. The van der Waals surface area contributed by atoms with Crippen LogP contribution in [-0.2, 0) is 18.3 Å². The lowest BCUT2D eigenvalue weighted by Crippen LogP contribution is -2.44. The van der Waals surface area contributed by atoms with Crippen LogP contribution in [0, 0.1) is 0 Å². The van der Waals surface area contributed by atoms with Gasteiger partial charge in [0.2, 0.25) is 5.91 Å². The fourth-order valence-electron chi connectivity index (χ4n) is 3.16. The zero-order valence-electron chi connectivity index (χ0n) is 15.3. The van der Waals surface area contributed by atoms with Crippen LogP contribution in [0.2, 0.25) is 0 Å². The average molecular weight is 389 g/mol. The van der Waals surface area contributed by atoms with E-state index in [0.717, 1.165) is 27.5 Å². The number of nitrogens with zero attached hydrogens (tertiary/aromatic N) is 2. The van der Waals surface area contributed by atoms with Crippen molar-refractivity contribution in [2.45, 2.75) is 6.42 Å². The summed E-state index contributed by atoms with van der Waals surface area (Å²) in [5.41, 5.74) is 8.11. The molecule has 140 valence electrons. The van der Waals surface area contributed by atoms with Crippen molar-refractivity contribution in [3.05, 3.63) is 72.6 Å². The quantitative estimate of drug-likeness (QED) is 0.371. The number of hydrazine groups is 1. The Kier molecular flexibility index (Phi) is 4.90. The number of anilines is 1. The van der Waals surface area contributed by atoms with Crippen LogP contribution < -0.4 is 16.2 Å². The van der Waals surface area contributed by atoms with E-state index in [1.54, 1.807) is 0 Å². The molecule has 1 amide bonds. The van der Waals surface area contributed by atoms with E-state index in [1.165, 1.54) is 0 Å². The number of thiocarbonyl (C=S) groups is 1. The molecule has 0 saturated carbocycles. The molecule has 0 bridgehead atoms. The molecule has 0 aliphatic rings. The second-order valence-electron chi connectivity index (χ2n) is 6.41. The van der Waals surface area contributed by atoms with E-state index in [4.69, 9.17) is 12.2 Å². The van der Waals surface area contributed by atoms with E-state index in [9.17, 15) is 4.79 Å². The molecule has 4 aromatic rings. The van der Waals surface area contributed by atoms with Gasteiger partial charge in [-0.15, -0.1) is 0 Å². The van der Waals surface area contributed by atoms with E-state index < -0.39 is 0 Å². The Bertz CT molecular complexity index is 1180. The predicted molar refractivity (Wildman–Crippen MR) is 116 cm³/mol. The van der Waals surface area contributed by atoms with E-state index in [2.05, 4.69) is 21.2 Å². The maximum Gasteiger partial charge on any atom is 0.245 e. The summed E-state index contributed by atoms with van der Waals surface area (Å²) in [4.78, 5) is 16.8. The highest BCUT2D eigenvalue weighted by Gasteiger charge is 2.12. The summed E-state index contributed by atoms with van der Waals surface area (Å²) in [7, 11) is 1.90. The Morgan fingerprint density at radius 3 is 2.61 bits per heavy atom. The fourth-order valence-corrected chi connectivity index (χ4v) is 3.32. The van der Waals surface area contributed by atoms with Crippen LogP contribution in [-0.4, -0.2) is 20.6 Å². The van der Waals surface area contributed by atoms with Crippen molar-refractivity contribution in [1.82, 2.24) is 20.4 Å². The van der Waals surface area contributed by atoms with Gasteiger partial charge in [-0.3, -0.25) is 15.6 Å². The number of nitrogens with one attached hydrogen (secondary N) is 3. The minimum absolute atomic E-state index is 0.148. The van der Waals surface area contributed by atoms with Crippen LogP contribution >= 0.6 is 12.2 Å². The number of benzene rings is 3. The van der Waals surface area contributed by atoms with Crippen molar-refractivity contribution >= 4 is 50.7 Å². The lowest BCUT2D eigenvalue weighted by atomic mass is 10.1. The molecule has 6 nitrogen and oxygen atoms in total. The van der Waals surface area contributed by atoms with Crippen LogP contribution in [0.3, 0.4) is 0 Å². The molecule has 3 N–H and O–H groups in total. The predicted octanol–water partition coefficient (Wildman–Crippen LogP) is 3.29. The number of hydrogen-bond acceptors (Lipinski definition) is 3. The van der Waals surface area contributed by atoms with Gasteiger partial charge in [-0.1, -0.05) is 48.5 Å². The van der Waals surface area contributed by atoms with Crippen LogP contribution in [0.25, 0.3) is 21.8 Å². The Morgan fingerprint density at radius 2 is 1.75 bits per heavy atom. The first-order valence-electron chi connectivity index (χ1n) is 8.86. The van der Waals surface area contributed by atoms with Crippen LogP contribution in [0.1, 0.15) is 5.82 Å². The van der Waals surface area contributed by atoms with Crippen LogP contribution in [0.5, 0.6) is 0 Å². The highest BCUT2D eigenvalue weighted by atomic mass is 32.1. The number of para-hydroxylation sites is 2. The molecule has 0 aliphatic heterocycles. The summed E-state index contributed by atoms with van der Waals surface area (Å²) in [6.07, 6.45) is 0.148. The van der Waals surface area contributed by atoms with Crippen molar-refractivity contribution in [2.75, 3.05) is 5.32 Å². The zero-order chi connectivity index (χ0) is 19.5. The molecule has 0 spiro atoms. The number of fused-ring (bicyclic) bond motifs is 2. The van der Waals surface area contributed by atoms with E-state index in [1.807, 2.05) is 78.3 Å². The first kappa shape index (κ1) is 17.9. The smallest absolute Gasteiger partial charge is 0.245 e. The molecule has 28 heavy (non-hydrogen) atoms. The SMILES string of the molecule is Cn1c(CC(=O)NNC(=S)Nc2cccc3ccccc23)nc2ccccc21. The third-order valence-electron chi connectivity index (χ3n) is 4.55. The molecule has 0 unspecified atom stereocenters. The number of carbonyl (C=O) groups is 1. The van der Waals surface area contributed by atoms with Gasteiger partial charge < -0.3 is 9.88 Å². The largest absolute Gasteiger partial charge is 0.331 e. The maximum atomic E-state index is 12.3. The minimum Gasteiger partial charge on any atom is -0.331 e. The van der Waals surface area contributed by atoms with E-state index in [-0.39, 0.29) is 12.3 Å². The lowest BCUT2D eigenvalue weighted by molar-refractivity contribution is -0.121. The third-order valence-corrected chi connectivity index (χ3v) is 4.76. The van der Waals surface area contributed by atoms with Crippen molar-refractivity contribution < 1.29 is 4.79 Å². The molecule has 0 aliphatic carbocycles. The molecule has 0 radical (unpaired) electrons. The number of amides is 1. The van der Waals surface area contributed by atoms with Gasteiger partial charge in [-0.25, -0.2) is 4.98 Å². The molecular weight excluding hydrogens is 370 g/mol. The molecular formula is C21H19N5OS. The highest BCUT2D eigenvalue weighted by Crippen LogP contribution is 2.22. The number of aryl methyl sites for hydroxylation is 1. The van der Waals surface area contributed by atoms with Crippen LogP contribution in [0.15, 0.2) is 66.7 Å². The molecule has 1 aromatic heterocycles. The normalized spacial score (nSPS) is 10.8. The summed E-state index contributed by atoms with van der Waals surface area (Å²) in [5, 5.41) is 5.60. The summed E-state index contributed by atoms with van der Waals surface area (Å²) < 4.78 is 1.92. The third kappa shape index (κ3) is 3.65. The van der Waals surface area contributed by atoms with Crippen molar-refractivity contribution in [1.29, 1.82) is 0 Å². The summed E-state index contributed by atoms with van der Waals surface area (Å²) in [5.74, 6) is 0.467. The number of hydrogen-bond donors (Lipinski definition) is 3. The maximum absolute atomic E-state index is 12.3. The van der Waals surface area contributed by atoms with Crippen LogP contribution in [0.4, 0.5) is 5.69 Å². The summed E-state index contributed by atoms with van der Waals surface area (Å²) in [6, 6.07) is 21.7. The number of rotatable bonds is 3. The van der Waals surface area contributed by atoms with Crippen molar-refractivity contribution in [3.63, 3.8) is 0 Å². The second kappa shape index (κ2) is 7.66. The highest BCUT2D eigenvalue weighted by molar-refractivity contribution is 7.80. The van der Waals surface area contributed by atoms with Gasteiger partial charge in [-0.05, 0) is 35.8 Å². The first-order valence-corrected chi connectivity index (χ1v) is 9.26. The van der Waals surface area contributed by atoms with E-state index >= 15 is 0 Å². The van der Waals surface area contributed by atoms with Gasteiger partial charge in [0.05, 0.1) is 17.5 Å². The van der Waals surface area contributed by atoms with E-state index in [0.29, 0.717) is 10.9 Å². The molecule has 1 heterocycles. The summed E-state index contributed by atoms with van der Waals surface area (Å²) in [6.45, 7) is 0. The van der Waals surface area contributed by atoms with Gasteiger partial charge in [0.1, 0.15) is 5.82 Å². The second-order valence-corrected chi connectivity index (χ2v) is 6.81. The fraction of sp³-hybridized carbons (Fsp3) is 0.0952. The Balaban J connectivity index is 1.37. The first-order chi connectivity index (χ1) is 13.6. The number of imidazole rings is 1. The van der Waals surface area contributed by atoms with Gasteiger partial charge in [-0.2, -0.15) is 0 Å². The summed E-state index contributed by atoms with van der Waals surface area (Å²) >= 11 is 5.30. The Morgan fingerprint density at radius 1 is 1.00 bits per heavy atom. The minimum atomic E-state index is -0.222. The Hall–Kier alpha value is -3.45. The van der Waals surface area contributed by atoms with Crippen molar-refractivity contribution in [2.24, 2.45) is 7.05 Å². The van der Waals surface area contributed by atoms with Gasteiger partial charge in [0, 0.05) is 18.1 Å². The molecule has 7 heteroatoms. The lowest BCUT2D eigenvalue weighted by Gasteiger charge is -2.13. The molecule has 0 atom stereocenters. The monoisotopic (exact) mass is 389 g/mol. The molecule has 0 saturated heterocycles. The van der Waals surface area contributed by atoms with Gasteiger partial charge in [0.25, 0.3) is 0 Å². The standard InChI is InChI=1S/C21H19N5OS/c1-26-18-12-5-4-10-17(18)22-19(26)13-20(27)24-25-21(28)23-16-11-6-8-14-7-2-3-9-15(14)16/h2-12H,13H2,1H3,(H,24,27)(H2,23,25,28).